The van der Waals surface area contributed by atoms with E-state index in [1.807, 2.05) is 0 Å². The number of carbonyl (C=O) groups is 1. The van der Waals surface area contributed by atoms with Gasteiger partial charge in [-0.2, -0.15) is 4.98 Å². The van der Waals surface area contributed by atoms with Crippen LogP contribution in [0, 0.1) is 11.7 Å². The molecule has 2 aromatic carbocycles. The van der Waals surface area contributed by atoms with Gasteiger partial charge in [-0.25, -0.2) is 23.5 Å². The molecule has 0 aliphatic rings. The minimum absolute atomic E-state index is 0.0358. The zero-order valence-corrected chi connectivity index (χ0v) is 20.4. The number of esters is 1. The first-order chi connectivity index (χ1) is 18.2. The summed E-state index contributed by atoms with van der Waals surface area (Å²) in [4.78, 5) is 49.8. The van der Waals surface area contributed by atoms with Crippen LogP contribution in [0.2, 0.25) is 0 Å². The molecule has 0 saturated heterocycles. The van der Waals surface area contributed by atoms with Crippen LogP contribution in [0.15, 0.2) is 70.6 Å². The molecule has 0 aliphatic carbocycles. The van der Waals surface area contributed by atoms with Gasteiger partial charge in [0.05, 0.1) is 25.8 Å². The maximum absolute atomic E-state index is 14.8. The summed E-state index contributed by atoms with van der Waals surface area (Å²) in [6.45, 7) is 1.22. The van der Waals surface area contributed by atoms with Crippen LogP contribution in [0.4, 0.5) is 16.0 Å². The largest absolute Gasteiger partial charge is 0.508 e. The maximum Gasteiger partial charge on any atom is 0.354 e. The number of hydrogen-bond acceptors (Lipinski definition) is 10. The predicted molar refractivity (Wildman–Crippen MR) is 133 cm³/mol. The molecule has 12 nitrogen and oxygen atoms in total. The van der Waals surface area contributed by atoms with Crippen LogP contribution < -0.4 is 21.4 Å². The predicted octanol–water partition coefficient (Wildman–Crippen LogP) is 2.43. The lowest BCUT2D eigenvalue weighted by Crippen LogP contribution is -2.44. The smallest absolute Gasteiger partial charge is 0.354 e. The third-order valence-electron chi connectivity index (χ3n) is 5.43. The molecular formula is C25H23FN6O6. The van der Waals surface area contributed by atoms with Gasteiger partial charge in [-0.1, -0.05) is 19.1 Å². The lowest BCUT2D eigenvalue weighted by molar-refractivity contribution is -0.145. The van der Waals surface area contributed by atoms with E-state index in [-0.39, 0.29) is 42.1 Å². The van der Waals surface area contributed by atoms with E-state index in [9.17, 15) is 23.9 Å². The summed E-state index contributed by atoms with van der Waals surface area (Å²) < 4.78 is 26.8. The highest BCUT2D eigenvalue weighted by molar-refractivity contribution is 5.71. The summed E-state index contributed by atoms with van der Waals surface area (Å²) in [6.07, 6.45) is 4.18. The number of rotatable bonds is 9. The van der Waals surface area contributed by atoms with Crippen LogP contribution in [0.3, 0.4) is 0 Å². The van der Waals surface area contributed by atoms with Gasteiger partial charge in [0.15, 0.2) is 11.6 Å². The molecule has 4 rings (SSSR count). The normalized spacial score (nSPS) is 11.6. The molecule has 4 aromatic rings. The van der Waals surface area contributed by atoms with Crippen LogP contribution in [-0.4, -0.2) is 42.3 Å². The zero-order chi connectivity index (χ0) is 27.2. The number of ether oxygens (including phenoxy) is 2. The number of halogens is 1. The number of phenols is 1. The number of methoxy groups -OCH3 is 1. The Hall–Kier alpha value is -5.07. The minimum atomic E-state index is -0.904. The first-order valence-corrected chi connectivity index (χ1v) is 11.3. The molecule has 0 saturated carbocycles. The number of aromatic hydroxyl groups is 1. The second-order valence-electron chi connectivity index (χ2n) is 8.20. The fourth-order valence-corrected chi connectivity index (χ4v) is 3.50. The molecule has 13 heteroatoms. The van der Waals surface area contributed by atoms with Crippen molar-refractivity contribution in [1.82, 2.24) is 24.1 Å². The Kier molecular flexibility index (Phi) is 7.75. The van der Waals surface area contributed by atoms with Crippen LogP contribution >= 0.6 is 0 Å². The summed E-state index contributed by atoms with van der Waals surface area (Å²) in [5.41, 5.74) is -0.863. The maximum atomic E-state index is 14.8. The zero-order valence-electron chi connectivity index (χ0n) is 20.4. The molecule has 38 heavy (non-hydrogen) atoms. The molecule has 2 aromatic heterocycles. The lowest BCUT2D eigenvalue weighted by atomic mass is 10.2. The van der Waals surface area contributed by atoms with Gasteiger partial charge in [-0.3, -0.25) is 14.3 Å². The molecule has 1 atom stereocenters. The summed E-state index contributed by atoms with van der Waals surface area (Å²) in [6, 6.07) is 9.99. The van der Waals surface area contributed by atoms with E-state index in [1.165, 1.54) is 61.5 Å². The molecule has 0 radical (unpaired) electrons. The van der Waals surface area contributed by atoms with Crippen molar-refractivity contribution in [2.75, 3.05) is 12.4 Å². The van der Waals surface area contributed by atoms with Gasteiger partial charge >= 0.3 is 17.3 Å². The van der Waals surface area contributed by atoms with Gasteiger partial charge in [0, 0.05) is 30.7 Å². The van der Waals surface area contributed by atoms with Crippen molar-refractivity contribution in [1.29, 1.82) is 0 Å². The van der Waals surface area contributed by atoms with E-state index < -0.39 is 29.1 Å². The van der Waals surface area contributed by atoms with E-state index in [4.69, 9.17) is 4.74 Å². The third kappa shape index (κ3) is 6.00. The van der Waals surface area contributed by atoms with Gasteiger partial charge in [0.1, 0.15) is 5.75 Å². The highest BCUT2D eigenvalue weighted by Gasteiger charge is 2.20. The molecule has 0 spiro atoms. The number of anilines is 2. The van der Waals surface area contributed by atoms with E-state index in [0.717, 1.165) is 10.6 Å². The molecule has 0 unspecified atom stereocenters. The number of benzene rings is 2. The Morgan fingerprint density at radius 2 is 1.89 bits per heavy atom. The van der Waals surface area contributed by atoms with E-state index in [0.29, 0.717) is 5.56 Å². The third-order valence-corrected chi connectivity index (χ3v) is 5.43. The molecule has 2 N–H and O–H groups in total. The van der Waals surface area contributed by atoms with Crippen molar-refractivity contribution in [2.45, 2.75) is 20.0 Å². The molecule has 2 heterocycles. The SMILES string of the molecule is COC(=O)[C@@H](C)Cn1c(=O)nc(Nc2ccc(Oc3cnccn3)c(F)c2)n(Cc2ccc(O)cc2)c1=O. The average Bonchev–Trinajstić information content (AvgIpc) is 2.91. The van der Waals surface area contributed by atoms with Crippen LogP contribution in [0.25, 0.3) is 0 Å². The first-order valence-electron chi connectivity index (χ1n) is 11.3. The second kappa shape index (κ2) is 11.3. The molecule has 196 valence electrons. The second-order valence-corrected chi connectivity index (χ2v) is 8.20. The lowest BCUT2D eigenvalue weighted by Gasteiger charge is -2.17. The summed E-state index contributed by atoms with van der Waals surface area (Å²) in [5, 5.41) is 12.4. The van der Waals surface area contributed by atoms with Gasteiger partial charge in [0.25, 0.3) is 0 Å². The van der Waals surface area contributed by atoms with Gasteiger partial charge in [-0.15, -0.1) is 0 Å². The van der Waals surface area contributed by atoms with Gasteiger partial charge in [0.2, 0.25) is 11.8 Å². The number of phenolic OH excluding ortho intramolecular Hbond substituents is 1. The molecular weight excluding hydrogens is 499 g/mol. The summed E-state index contributed by atoms with van der Waals surface area (Å²) in [7, 11) is 1.21. The van der Waals surface area contributed by atoms with E-state index >= 15 is 0 Å². The number of hydrogen-bond donors (Lipinski definition) is 2. The molecule has 0 fully saturated rings. The van der Waals surface area contributed by atoms with Crippen LogP contribution in [0.5, 0.6) is 17.4 Å². The van der Waals surface area contributed by atoms with Crippen LogP contribution in [-0.2, 0) is 22.6 Å². The Morgan fingerprint density at radius 3 is 2.55 bits per heavy atom. The van der Waals surface area contributed by atoms with Gasteiger partial charge in [-0.05, 0) is 29.8 Å². The Bertz CT molecular complexity index is 1560. The van der Waals surface area contributed by atoms with Crippen molar-refractivity contribution < 1.29 is 23.8 Å². The Balaban J connectivity index is 1.69. The number of nitrogens with one attached hydrogen (secondary N) is 1. The van der Waals surface area contributed by atoms with Crippen molar-refractivity contribution in [3.05, 3.63) is 93.4 Å². The van der Waals surface area contributed by atoms with Crippen molar-refractivity contribution in [2.24, 2.45) is 5.92 Å². The Labute approximate surface area is 215 Å². The van der Waals surface area contributed by atoms with Gasteiger partial charge < -0.3 is 19.9 Å². The number of nitrogens with zero attached hydrogens (tertiary/aromatic N) is 5. The van der Waals surface area contributed by atoms with E-state index in [2.05, 4.69) is 25.0 Å². The summed E-state index contributed by atoms with van der Waals surface area (Å²) in [5.74, 6) is -2.26. The molecule has 0 amide bonds. The van der Waals surface area contributed by atoms with Crippen molar-refractivity contribution in [3.8, 4) is 17.4 Å². The number of carbonyl (C=O) groups excluding carboxylic acids is 1. The molecule has 0 bridgehead atoms. The standard InChI is InChI=1S/C25H23FN6O6/c1-15(22(34)37-2)13-32-24(35)30-23(31(25(32)36)14-16-3-6-18(33)7-4-16)29-17-5-8-20(19(26)11-17)38-21-12-27-9-10-28-21/h3-12,15,33H,13-14H2,1-2H3,(H,29,30,35)/t15-/m0/s1. The Morgan fingerprint density at radius 1 is 1.13 bits per heavy atom. The first kappa shape index (κ1) is 26.0. The highest BCUT2D eigenvalue weighted by Crippen LogP contribution is 2.26. The average molecular weight is 522 g/mol. The van der Waals surface area contributed by atoms with Crippen LogP contribution in [0.1, 0.15) is 12.5 Å². The highest BCUT2D eigenvalue weighted by atomic mass is 19.1. The molecule has 0 aliphatic heterocycles. The quantitative estimate of drug-likeness (QED) is 0.314. The minimum Gasteiger partial charge on any atom is -0.508 e. The monoisotopic (exact) mass is 522 g/mol. The topological polar surface area (TPSA) is 150 Å². The summed E-state index contributed by atoms with van der Waals surface area (Å²) >= 11 is 0. The fourth-order valence-electron chi connectivity index (χ4n) is 3.50. The van der Waals surface area contributed by atoms with Crippen molar-refractivity contribution in [3.63, 3.8) is 0 Å². The van der Waals surface area contributed by atoms with E-state index in [1.54, 1.807) is 12.1 Å². The fraction of sp³-hybridized carbons (Fsp3) is 0.200. The van der Waals surface area contributed by atoms with Crippen molar-refractivity contribution >= 4 is 17.6 Å². The number of aromatic nitrogens is 5.